The second-order valence-electron chi connectivity index (χ2n) is 4.11. The zero-order valence-corrected chi connectivity index (χ0v) is 11.9. The summed E-state index contributed by atoms with van der Waals surface area (Å²) in [5, 5.41) is 5.06. The average Bonchev–Trinajstić information content (AvgIpc) is 2.87. The van der Waals surface area contributed by atoms with E-state index in [0.717, 1.165) is 24.4 Å². The van der Waals surface area contributed by atoms with Gasteiger partial charge in [0.2, 0.25) is 5.89 Å². The molecule has 1 aromatic rings. The number of hydrogen-bond acceptors (Lipinski definition) is 6. The fraction of sp³-hybridized carbons (Fsp3) is 0.818. The van der Waals surface area contributed by atoms with Crippen LogP contribution in [-0.2, 0) is 0 Å². The Balaban J connectivity index is 2.12. The highest BCUT2D eigenvalue weighted by Gasteiger charge is 2.30. The van der Waals surface area contributed by atoms with Crippen LogP contribution in [0.25, 0.3) is 0 Å². The Hall–Kier alpha value is -0.200. The monoisotopic (exact) mass is 273 g/mol. The van der Waals surface area contributed by atoms with E-state index in [1.54, 1.807) is 0 Å². The molecule has 0 radical (unpaired) electrons. The summed E-state index contributed by atoms with van der Waals surface area (Å²) in [6, 6.07) is -0.127. The summed E-state index contributed by atoms with van der Waals surface area (Å²) < 4.78 is 5.25. The summed E-state index contributed by atoms with van der Waals surface area (Å²) in [7, 11) is 0. The first-order chi connectivity index (χ1) is 8.26. The minimum atomic E-state index is -0.127. The first-order valence-corrected chi connectivity index (χ1v) is 8.18. The molecule has 0 aliphatic carbocycles. The predicted molar refractivity (Wildman–Crippen MR) is 73.3 cm³/mol. The maximum Gasteiger partial charge on any atom is 0.243 e. The maximum absolute atomic E-state index is 5.90. The SMILES string of the molecule is CCC(N)c1nc(C2SCCSC2CC)no1. The number of nitrogens with zero attached hydrogens (tertiary/aromatic N) is 2. The lowest BCUT2D eigenvalue weighted by atomic mass is 10.2. The van der Waals surface area contributed by atoms with E-state index in [4.69, 9.17) is 10.3 Å². The van der Waals surface area contributed by atoms with Gasteiger partial charge in [-0.25, -0.2) is 0 Å². The fourth-order valence-corrected chi connectivity index (χ4v) is 4.81. The molecule has 3 unspecified atom stereocenters. The number of thioether (sulfide) groups is 2. The predicted octanol–water partition coefficient (Wildman–Crippen LogP) is 2.78. The Bertz CT molecular complexity index is 358. The molecule has 2 heterocycles. The molecule has 1 aromatic heterocycles. The van der Waals surface area contributed by atoms with Crippen molar-refractivity contribution in [1.29, 1.82) is 0 Å². The van der Waals surface area contributed by atoms with Gasteiger partial charge in [0.15, 0.2) is 5.82 Å². The van der Waals surface area contributed by atoms with Crippen LogP contribution in [0.5, 0.6) is 0 Å². The fourth-order valence-electron chi connectivity index (χ4n) is 1.83. The molecular formula is C11H19N3OS2. The van der Waals surface area contributed by atoms with Crippen molar-refractivity contribution >= 4 is 23.5 Å². The molecule has 4 nitrogen and oxygen atoms in total. The summed E-state index contributed by atoms with van der Waals surface area (Å²) in [4.78, 5) is 4.47. The maximum atomic E-state index is 5.90. The van der Waals surface area contributed by atoms with Gasteiger partial charge in [-0.15, -0.1) is 11.8 Å². The molecule has 1 fully saturated rings. The number of nitrogens with two attached hydrogens (primary N) is 1. The van der Waals surface area contributed by atoms with Crippen molar-refractivity contribution in [3.8, 4) is 0 Å². The average molecular weight is 273 g/mol. The van der Waals surface area contributed by atoms with Gasteiger partial charge in [0, 0.05) is 16.8 Å². The third-order valence-electron chi connectivity index (χ3n) is 2.92. The van der Waals surface area contributed by atoms with Crippen LogP contribution in [0, 0.1) is 0 Å². The molecule has 17 heavy (non-hydrogen) atoms. The second kappa shape index (κ2) is 6.11. The molecule has 96 valence electrons. The Morgan fingerprint density at radius 2 is 2.18 bits per heavy atom. The molecule has 0 amide bonds. The van der Waals surface area contributed by atoms with Gasteiger partial charge >= 0.3 is 0 Å². The normalized spacial score (nSPS) is 27.0. The lowest BCUT2D eigenvalue weighted by Crippen LogP contribution is -2.19. The van der Waals surface area contributed by atoms with E-state index in [9.17, 15) is 0 Å². The second-order valence-corrected chi connectivity index (χ2v) is 6.71. The van der Waals surface area contributed by atoms with Gasteiger partial charge in [0.1, 0.15) is 0 Å². The Morgan fingerprint density at radius 3 is 2.88 bits per heavy atom. The topological polar surface area (TPSA) is 64.9 Å². The molecule has 2 rings (SSSR count). The van der Waals surface area contributed by atoms with Gasteiger partial charge in [0.25, 0.3) is 0 Å². The van der Waals surface area contributed by atoms with Gasteiger partial charge in [-0.3, -0.25) is 0 Å². The van der Waals surface area contributed by atoms with E-state index < -0.39 is 0 Å². The molecule has 1 aliphatic heterocycles. The summed E-state index contributed by atoms with van der Waals surface area (Å²) in [6.45, 7) is 4.24. The van der Waals surface area contributed by atoms with Gasteiger partial charge in [-0.1, -0.05) is 19.0 Å². The van der Waals surface area contributed by atoms with Crippen molar-refractivity contribution in [2.24, 2.45) is 5.73 Å². The summed E-state index contributed by atoms with van der Waals surface area (Å²) in [6.07, 6.45) is 1.97. The van der Waals surface area contributed by atoms with Crippen LogP contribution in [0.3, 0.4) is 0 Å². The van der Waals surface area contributed by atoms with E-state index >= 15 is 0 Å². The molecule has 6 heteroatoms. The van der Waals surface area contributed by atoms with Crippen LogP contribution < -0.4 is 5.73 Å². The molecule has 0 spiro atoms. The minimum absolute atomic E-state index is 0.127. The molecule has 0 saturated carbocycles. The molecule has 1 aliphatic rings. The van der Waals surface area contributed by atoms with Crippen LogP contribution in [0.4, 0.5) is 0 Å². The van der Waals surface area contributed by atoms with E-state index in [-0.39, 0.29) is 6.04 Å². The third-order valence-corrected chi connectivity index (χ3v) is 6.16. The molecular weight excluding hydrogens is 254 g/mol. The van der Waals surface area contributed by atoms with Crippen LogP contribution in [0.15, 0.2) is 4.52 Å². The first kappa shape index (κ1) is 13.2. The van der Waals surface area contributed by atoms with Crippen molar-refractivity contribution in [3.05, 3.63) is 11.7 Å². The first-order valence-electron chi connectivity index (χ1n) is 6.08. The van der Waals surface area contributed by atoms with Crippen LogP contribution >= 0.6 is 23.5 Å². The van der Waals surface area contributed by atoms with Crippen LogP contribution in [-0.4, -0.2) is 26.9 Å². The summed E-state index contributed by atoms with van der Waals surface area (Å²) in [5.41, 5.74) is 5.90. The standard InChI is InChI=1S/C11H19N3OS2/c1-3-7(12)11-13-10(14-15-11)9-8(4-2)16-5-6-17-9/h7-9H,3-6,12H2,1-2H3. The highest BCUT2D eigenvalue weighted by Crippen LogP contribution is 2.42. The van der Waals surface area contributed by atoms with Gasteiger partial charge in [-0.05, 0) is 12.8 Å². The zero-order valence-electron chi connectivity index (χ0n) is 10.3. The Morgan fingerprint density at radius 1 is 1.41 bits per heavy atom. The van der Waals surface area contributed by atoms with E-state index in [1.807, 2.05) is 30.4 Å². The highest BCUT2D eigenvalue weighted by atomic mass is 32.2. The smallest absolute Gasteiger partial charge is 0.243 e. The Labute approximate surface area is 110 Å². The molecule has 0 bridgehead atoms. The zero-order chi connectivity index (χ0) is 12.3. The van der Waals surface area contributed by atoms with E-state index in [2.05, 4.69) is 17.1 Å². The number of hydrogen-bond donors (Lipinski definition) is 1. The molecule has 1 saturated heterocycles. The van der Waals surface area contributed by atoms with Crippen molar-refractivity contribution in [3.63, 3.8) is 0 Å². The van der Waals surface area contributed by atoms with Crippen molar-refractivity contribution < 1.29 is 4.52 Å². The van der Waals surface area contributed by atoms with Gasteiger partial charge in [0.05, 0.1) is 11.3 Å². The van der Waals surface area contributed by atoms with E-state index in [1.165, 1.54) is 5.75 Å². The van der Waals surface area contributed by atoms with Crippen molar-refractivity contribution in [2.75, 3.05) is 11.5 Å². The van der Waals surface area contributed by atoms with Gasteiger partial charge in [-0.2, -0.15) is 16.7 Å². The molecule has 0 aromatic carbocycles. The molecule has 3 atom stereocenters. The lowest BCUT2D eigenvalue weighted by molar-refractivity contribution is 0.348. The van der Waals surface area contributed by atoms with E-state index in [0.29, 0.717) is 16.4 Å². The molecule has 2 N–H and O–H groups in total. The number of rotatable bonds is 4. The third kappa shape index (κ3) is 2.98. The Kier molecular flexibility index (Phi) is 4.76. The summed E-state index contributed by atoms with van der Waals surface area (Å²) >= 11 is 3.95. The lowest BCUT2D eigenvalue weighted by Gasteiger charge is -2.27. The quantitative estimate of drug-likeness (QED) is 0.910. The van der Waals surface area contributed by atoms with Crippen molar-refractivity contribution in [1.82, 2.24) is 10.1 Å². The highest BCUT2D eigenvalue weighted by molar-refractivity contribution is 8.06. The van der Waals surface area contributed by atoms with Crippen LogP contribution in [0.1, 0.15) is 49.7 Å². The van der Waals surface area contributed by atoms with Crippen LogP contribution in [0.2, 0.25) is 0 Å². The summed E-state index contributed by atoms with van der Waals surface area (Å²) in [5.74, 6) is 3.79. The van der Waals surface area contributed by atoms with Crippen molar-refractivity contribution in [2.45, 2.75) is 43.2 Å². The van der Waals surface area contributed by atoms with Gasteiger partial charge < -0.3 is 10.3 Å². The largest absolute Gasteiger partial charge is 0.338 e. The minimum Gasteiger partial charge on any atom is -0.338 e. The number of aromatic nitrogens is 2.